The monoisotopic (exact) mass is 347 g/mol. The van der Waals surface area contributed by atoms with Crippen LogP contribution in [0, 0.1) is 19.7 Å². The molecular formula is C19H23ClFN3. The molecule has 0 unspecified atom stereocenters. The zero-order valence-electron chi connectivity index (χ0n) is 14.5. The summed E-state index contributed by atoms with van der Waals surface area (Å²) in [5, 5.41) is 3.89. The maximum atomic E-state index is 13.6. The summed E-state index contributed by atoms with van der Waals surface area (Å²) in [5.74, 6) is -0.186. The Bertz CT molecular complexity index is 744. The van der Waals surface area contributed by atoms with Crippen LogP contribution < -0.4 is 5.32 Å². The summed E-state index contributed by atoms with van der Waals surface area (Å²) in [6, 6.07) is 9.06. The lowest BCUT2D eigenvalue weighted by Crippen LogP contribution is -2.14. The van der Waals surface area contributed by atoms with Crippen LogP contribution >= 0.6 is 11.6 Å². The fourth-order valence-corrected chi connectivity index (χ4v) is 2.35. The molecule has 2 rings (SSSR count). The summed E-state index contributed by atoms with van der Waals surface area (Å²) in [5.41, 5.74) is 4.24. The second kappa shape index (κ2) is 8.15. The Morgan fingerprint density at radius 3 is 2.62 bits per heavy atom. The van der Waals surface area contributed by atoms with E-state index in [1.165, 1.54) is 0 Å². The molecule has 2 aromatic rings. The number of hydrogen-bond donors (Lipinski definition) is 1. The van der Waals surface area contributed by atoms with Crippen LogP contribution in [0.1, 0.15) is 23.6 Å². The molecule has 0 saturated heterocycles. The maximum Gasteiger partial charge on any atom is 0.126 e. The van der Waals surface area contributed by atoms with Gasteiger partial charge in [-0.1, -0.05) is 23.7 Å². The molecule has 0 saturated carbocycles. The number of benzene rings is 2. The van der Waals surface area contributed by atoms with Gasteiger partial charge in [-0.3, -0.25) is 0 Å². The first-order valence-corrected chi connectivity index (χ1v) is 8.32. The van der Waals surface area contributed by atoms with Gasteiger partial charge in [-0.25, -0.2) is 9.38 Å². The second-order valence-electron chi connectivity index (χ2n) is 5.87. The van der Waals surface area contributed by atoms with Crippen LogP contribution in [-0.4, -0.2) is 24.8 Å². The molecule has 0 heterocycles. The standard InChI is InChI=1S/C19H23ClFN3/c1-5-24(4)12-23-19-8-14(3)18(10-16(19)20)22-11-15-7-6-13(2)17(21)9-15/h6-10,12,22H,5,11H2,1-4H3/b23-12-. The van der Waals surface area contributed by atoms with E-state index in [0.29, 0.717) is 17.1 Å². The molecule has 0 amide bonds. The molecule has 5 heteroatoms. The van der Waals surface area contributed by atoms with Crippen molar-refractivity contribution in [2.75, 3.05) is 18.9 Å². The van der Waals surface area contributed by atoms with Crippen molar-refractivity contribution in [3.63, 3.8) is 0 Å². The van der Waals surface area contributed by atoms with Gasteiger partial charge in [0.15, 0.2) is 0 Å². The Balaban J connectivity index is 2.12. The number of rotatable bonds is 6. The number of anilines is 1. The van der Waals surface area contributed by atoms with Crippen LogP contribution in [0.25, 0.3) is 0 Å². The topological polar surface area (TPSA) is 27.6 Å². The Labute approximate surface area is 148 Å². The molecule has 0 aliphatic rings. The van der Waals surface area contributed by atoms with Crippen molar-refractivity contribution in [1.82, 2.24) is 4.90 Å². The normalized spacial score (nSPS) is 11.1. The minimum atomic E-state index is -0.186. The molecule has 0 atom stereocenters. The van der Waals surface area contributed by atoms with Crippen molar-refractivity contribution in [2.45, 2.75) is 27.3 Å². The first kappa shape index (κ1) is 18.3. The minimum Gasteiger partial charge on any atom is -0.381 e. The number of halogens is 2. The summed E-state index contributed by atoms with van der Waals surface area (Å²) in [6.45, 7) is 7.23. The first-order valence-electron chi connectivity index (χ1n) is 7.94. The fourth-order valence-electron chi connectivity index (χ4n) is 2.14. The molecule has 0 spiro atoms. The first-order chi connectivity index (χ1) is 11.4. The number of nitrogens with zero attached hydrogens (tertiary/aromatic N) is 2. The van der Waals surface area contributed by atoms with Crippen molar-refractivity contribution in [1.29, 1.82) is 0 Å². The molecule has 0 aromatic heterocycles. The van der Waals surface area contributed by atoms with Gasteiger partial charge in [-0.15, -0.1) is 0 Å². The highest BCUT2D eigenvalue weighted by Gasteiger charge is 2.06. The summed E-state index contributed by atoms with van der Waals surface area (Å²) in [4.78, 5) is 6.39. The largest absolute Gasteiger partial charge is 0.381 e. The van der Waals surface area contributed by atoms with Gasteiger partial charge in [0.2, 0.25) is 0 Å². The minimum absolute atomic E-state index is 0.186. The van der Waals surface area contributed by atoms with E-state index in [4.69, 9.17) is 11.6 Å². The lowest BCUT2D eigenvalue weighted by Gasteiger charge is -2.13. The van der Waals surface area contributed by atoms with Crippen molar-refractivity contribution in [2.24, 2.45) is 4.99 Å². The Hall–Kier alpha value is -2.07. The lowest BCUT2D eigenvalue weighted by molar-refractivity contribution is 0.552. The molecule has 0 aliphatic heterocycles. The predicted octanol–water partition coefficient (Wildman–Crippen LogP) is 5.32. The van der Waals surface area contributed by atoms with E-state index >= 15 is 0 Å². The summed E-state index contributed by atoms with van der Waals surface area (Å²) < 4.78 is 13.6. The zero-order valence-corrected chi connectivity index (χ0v) is 15.3. The predicted molar refractivity (Wildman–Crippen MR) is 101 cm³/mol. The second-order valence-corrected chi connectivity index (χ2v) is 6.28. The van der Waals surface area contributed by atoms with Crippen LogP contribution in [0.4, 0.5) is 15.8 Å². The molecule has 2 aromatic carbocycles. The Kier molecular flexibility index (Phi) is 6.21. The highest BCUT2D eigenvalue weighted by atomic mass is 35.5. The molecule has 3 nitrogen and oxygen atoms in total. The summed E-state index contributed by atoms with van der Waals surface area (Å²) >= 11 is 6.32. The van der Waals surface area contributed by atoms with Gasteiger partial charge in [-0.2, -0.15) is 0 Å². The third kappa shape index (κ3) is 4.71. The quantitative estimate of drug-likeness (QED) is 0.565. The molecule has 1 N–H and O–H groups in total. The average molecular weight is 348 g/mol. The van der Waals surface area contributed by atoms with Crippen LogP contribution in [0.15, 0.2) is 35.3 Å². The van der Waals surface area contributed by atoms with Crippen LogP contribution in [0.3, 0.4) is 0 Å². The van der Waals surface area contributed by atoms with Crippen molar-refractivity contribution < 1.29 is 4.39 Å². The highest BCUT2D eigenvalue weighted by molar-refractivity contribution is 6.33. The number of aliphatic imine (C=N–C) groups is 1. The molecule has 128 valence electrons. The van der Waals surface area contributed by atoms with Gasteiger partial charge >= 0.3 is 0 Å². The zero-order chi connectivity index (χ0) is 17.7. The van der Waals surface area contributed by atoms with Gasteiger partial charge in [0.25, 0.3) is 0 Å². The number of aryl methyl sites for hydroxylation is 2. The van der Waals surface area contributed by atoms with Crippen LogP contribution in [0.5, 0.6) is 0 Å². The number of hydrogen-bond acceptors (Lipinski definition) is 2. The molecular weight excluding hydrogens is 325 g/mol. The van der Waals surface area contributed by atoms with Gasteiger partial charge in [0.05, 0.1) is 17.0 Å². The highest BCUT2D eigenvalue weighted by Crippen LogP contribution is 2.31. The van der Waals surface area contributed by atoms with E-state index in [2.05, 4.69) is 17.2 Å². The smallest absolute Gasteiger partial charge is 0.126 e. The molecule has 0 radical (unpaired) electrons. The van der Waals surface area contributed by atoms with Gasteiger partial charge in [-0.05, 0) is 55.7 Å². The fraction of sp³-hybridized carbons (Fsp3) is 0.316. The van der Waals surface area contributed by atoms with Crippen molar-refractivity contribution >= 4 is 29.3 Å². The van der Waals surface area contributed by atoms with E-state index in [9.17, 15) is 4.39 Å². The lowest BCUT2D eigenvalue weighted by atomic mass is 10.1. The van der Waals surface area contributed by atoms with E-state index < -0.39 is 0 Å². The van der Waals surface area contributed by atoms with Crippen LogP contribution in [0.2, 0.25) is 5.02 Å². The molecule has 0 aliphatic carbocycles. The SMILES string of the molecule is CCN(C)/C=N\c1cc(C)c(NCc2ccc(C)c(F)c2)cc1Cl. The van der Waals surface area contributed by atoms with E-state index in [1.54, 1.807) is 25.4 Å². The van der Waals surface area contributed by atoms with E-state index in [0.717, 1.165) is 29.0 Å². The number of nitrogens with one attached hydrogen (secondary N) is 1. The van der Waals surface area contributed by atoms with Gasteiger partial charge in [0, 0.05) is 25.8 Å². The van der Waals surface area contributed by atoms with Gasteiger partial charge < -0.3 is 10.2 Å². The van der Waals surface area contributed by atoms with Crippen LogP contribution in [-0.2, 0) is 6.54 Å². The van der Waals surface area contributed by atoms with Crippen molar-refractivity contribution in [3.8, 4) is 0 Å². The molecule has 0 fully saturated rings. The van der Waals surface area contributed by atoms with E-state index in [1.807, 2.05) is 37.1 Å². The van der Waals surface area contributed by atoms with Crippen molar-refractivity contribution in [3.05, 3.63) is 57.9 Å². The molecule has 0 bridgehead atoms. The Morgan fingerprint density at radius 1 is 1.21 bits per heavy atom. The molecule has 24 heavy (non-hydrogen) atoms. The van der Waals surface area contributed by atoms with Gasteiger partial charge in [0.1, 0.15) is 5.82 Å². The van der Waals surface area contributed by atoms with E-state index in [-0.39, 0.29) is 5.82 Å². The third-order valence-corrected chi connectivity index (χ3v) is 4.21. The average Bonchev–Trinajstić information content (AvgIpc) is 2.56. The third-order valence-electron chi connectivity index (χ3n) is 3.91. The summed E-state index contributed by atoms with van der Waals surface area (Å²) in [7, 11) is 1.96. The maximum absolute atomic E-state index is 13.6. The Morgan fingerprint density at radius 2 is 1.96 bits per heavy atom. The summed E-state index contributed by atoms with van der Waals surface area (Å²) in [6.07, 6.45) is 1.77.